The van der Waals surface area contributed by atoms with E-state index in [1.807, 2.05) is 0 Å². The molecule has 2 nitrogen and oxygen atoms in total. The molecule has 0 spiro atoms. The van der Waals surface area contributed by atoms with E-state index in [1.54, 1.807) is 0 Å². The predicted molar refractivity (Wildman–Crippen MR) is 114 cm³/mol. The van der Waals surface area contributed by atoms with Gasteiger partial charge in [-0.1, -0.05) is 76.9 Å². The van der Waals surface area contributed by atoms with Gasteiger partial charge < -0.3 is 4.90 Å². The number of rotatable bonds is 17. The Bertz CT molecular complexity index is 346. The zero-order valence-corrected chi connectivity index (χ0v) is 17.3. The highest BCUT2D eigenvalue weighted by Crippen LogP contribution is 2.13. The number of nitrogens with zero attached hydrogens (tertiary/aromatic N) is 2. The zero-order valence-electron chi connectivity index (χ0n) is 17.3. The van der Waals surface area contributed by atoms with Crippen LogP contribution >= 0.6 is 0 Å². The monoisotopic (exact) mass is 348 g/mol. The SMILES string of the molecule is CCCCCCCCC=CCCCCCCCCC1=NCCN1CC. The van der Waals surface area contributed by atoms with E-state index in [4.69, 9.17) is 0 Å². The minimum absolute atomic E-state index is 1.02. The van der Waals surface area contributed by atoms with Crippen LogP contribution in [0.5, 0.6) is 0 Å². The first-order chi connectivity index (χ1) is 12.4. The van der Waals surface area contributed by atoms with Crippen molar-refractivity contribution in [3.63, 3.8) is 0 Å². The third-order valence-electron chi connectivity index (χ3n) is 5.32. The van der Waals surface area contributed by atoms with Crippen LogP contribution in [0.15, 0.2) is 17.1 Å². The van der Waals surface area contributed by atoms with Gasteiger partial charge in [0.2, 0.25) is 0 Å². The number of allylic oxidation sites excluding steroid dienone is 2. The third-order valence-corrected chi connectivity index (χ3v) is 5.32. The van der Waals surface area contributed by atoms with Crippen molar-refractivity contribution < 1.29 is 0 Å². The molecule has 0 aromatic carbocycles. The zero-order chi connectivity index (χ0) is 18.0. The lowest BCUT2D eigenvalue weighted by Gasteiger charge is -2.17. The minimum atomic E-state index is 1.02. The predicted octanol–water partition coefficient (Wildman–Crippen LogP) is 7.15. The summed E-state index contributed by atoms with van der Waals surface area (Å²) in [7, 11) is 0. The molecule has 0 aromatic rings. The summed E-state index contributed by atoms with van der Waals surface area (Å²) in [6.45, 7) is 7.83. The fourth-order valence-electron chi connectivity index (χ4n) is 3.64. The Balaban J connectivity index is 1.78. The molecule has 1 rings (SSSR count). The Morgan fingerprint density at radius 2 is 1.32 bits per heavy atom. The van der Waals surface area contributed by atoms with Crippen molar-refractivity contribution in [3.05, 3.63) is 12.2 Å². The number of amidine groups is 1. The van der Waals surface area contributed by atoms with Gasteiger partial charge in [-0.2, -0.15) is 0 Å². The van der Waals surface area contributed by atoms with Gasteiger partial charge in [0.1, 0.15) is 0 Å². The number of likely N-dealkylation sites (N-methyl/N-ethyl adjacent to an activating group) is 1. The van der Waals surface area contributed by atoms with Gasteiger partial charge in [-0.25, -0.2) is 0 Å². The average Bonchev–Trinajstić information content (AvgIpc) is 3.09. The van der Waals surface area contributed by atoms with Crippen molar-refractivity contribution in [1.29, 1.82) is 0 Å². The smallest absolute Gasteiger partial charge is 0.0990 e. The first-order valence-corrected chi connectivity index (χ1v) is 11.3. The fourth-order valence-corrected chi connectivity index (χ4v) is 3.64. The number of hydrogen-bond donors (Lipinski definition) is 0. The van der Waals surface area contributed by atoms with Crippen LogP contribution in [0.3, 0.4) is 0 Å². The van der Waals surface area contributed by atoms with Crippen molar-refractivity contribution in [2.75, 3.05) is 19.6 Å². The molecule has 0 saturated carbocycles. The van der Waals surface area contributed by atoms with E-state index in [1.165, 1.54) is 102 Å². The Labute approximate surface area is 158 Å². The highest BCUT2D eigenvalue weighted by atomic mass is 15.2. The largest absolute Gasteiger partial charge is 0.359 e. The molecular weight excluding hydrogens is 304 g/mol. The standard InChI is InChI=1S/C23H44N2/c1-3-5-6-7-8-9-10-11-12-13-14-15-16-17-18-19-20-23-24-21-22-25(23)4-2/h11-12H,3-10,13-22H2,1-2H3. The second-order valence-corrected chi connectivity index (χ2v) is 7.57. The normalized spacial score (nSPS) is 14.6. The van der Waals surface area contributed by atoms with Crippen molar-refractivity contribution in [2.24, 2.45) is 4.99 Å². The highest BCUT2D eigenvalue weighted by Gasteiger charge is 2.13. The summed E-state index contributed by atoms with van der Waals surface area (Å²) < 4.78 is 0. The maximum absolute atomic E-state index is 4.63. The molecule has 146 valence electrons. The number of aliphatic imine (C=N–C) groups is 1. The Kier molecular flexibility index (Phi) is 14.8. The molecule has 0 fully saturated rings. The molecule has 0 saturated heterocycles. The lowest BCUT2D eigenvalue weighted by atomic mass is 10.1. The van der Waals surface area contributed by atoms with Crippen molar-refractivity contribution in [2.45, 2.75) is 110 Å². The van der Waals surface area contributed by atoms with E-state index >= 15 is 0 Å². The van der Waals surface area contributed by atoms with Crippen molar-refractivity contribution in [1.82, 2.24) is 4.90 Å². The first kappa shape index (κ1) is 22.3. The molecule has 1 aliphatic heterocycles. The summed E-state index contributed by atoms with van der Waals surface area (Å²) in [4.78, 5) is 7.07. The minimum Gasteiger partial charge on any atom is -0.359 e. The summed E-state index contributed by atoms with van der Waals surface area (Å²) in [6.07, 6.45) is 25.4. The Hall–Kier alpha value is -0.790. The molecule has 0 unspecified atom stereocenters. The van der Waals surface area contributed by atoms with Crippen LogP contribution in [0.1, 0.15) is 110 Å². The molecule has 0 radical (unpaired) electrons. The van der Waals surface area contributed by atoms with Gasteiger partial charge in [-0.05, 0) is 39.0 Å². The van der Waals surface area contributed by atoms with E-state index in [-0.39, 0.29) is 0 Å². The van der Waals surface area contributed by atoms with Crippen LogP contribution in [0.2, 0.25) is 0 Å². The summed E-state index contributed by atoms with van der Waals surface area (Å²) in [5.41, 5.74) is 0. The van der Waals surface area contributed by atoms with Gasteiger partial charge >= 0.3 is 0 Å². The molecular formula is C23H44N2. The van der Waals surface area contributed by atoms with Crippen LogP contribution in [-0.4, -0.2) is 30.4 Å². The average molecular weight is 349 g/mol. The quantitative estimate of drug-likeness (QED) is 0.201. The molecule has 1 heterocycles. The summed E-state index contributed by atoms with van der Waals surface area (Å²) >= 11 is 0. The molecule has 0 amide bonds. The number of hydrogen-bond acceptors (Lipinski definition) is 2. The van der Waals surface area contributed by atoms with Gasteiger partial charge in [0.25, 0.3) is 0 Å². The molecule has 0 atom stereocenters. The number of unbranched alkanes of at least 4 members (excludes halogenated alkanes) is 12. The van der Waals surface area contributed by atoms with Gasteiger partial charge in [-0.3, -0.25) is 4.99 Å². The van der Waals surface area contributed by atoms with Crippen molar-refractivity contribution in [3.8, 4) is 0 Å². The van der Waals surface area contributed by atoms with E-state index in [2.05, 4.69) is 35.9 Å². The maximum Gasteiger partial charge on any atom is 0.0990 e. The highest BCUT2D eigenvalue weighted by molar-refractivity contribution is 5.83. The van der Waals surface area contributed by atoms with Crippen molar-refractivity contribution >= 4 is 5.84 Å². The summed E-state index contributed by atoms with van der Waals surface area (Å²) in [5, 5.41) is 0. The molecule has 25 heavy (non-hydrogen) atoms. The van der Waals surface area contributed by atoms with Gasteiger partial charge in [0, 0.05) is 19.5 Å². The van der Waals surface area contributed by atoms with E-state index < -0.39 is 0 Å². The summed E-state index contributed by atoms with van der Waals surface area (Å²) in [5.74, 6) is 1.37. The molecule has 1 aliphatic rings. The van der Waals surface area contributed by atoms with Gasteiger partial charge in [-0.15, -0.1) is 0 Å². The lowest BCUT2D eigenvalue weighted by Crippen LogP contribution is -2.27. The summed E-state index contributed by atoms with van der Waals surface area (Å²) in [6, 6.07) is 0. The van der Waals surface area contributed by atoms with Crippen LogP contribution in [0.25, 0.3) is 0 Å². The molecule has 0 aliphatic carbocycles. The van der Waals surface area contributed by atoms with Crippen LogP contribution in [0, 0.1) is 0 Å². The maximum atomic E-state index is 4.63. The fraction of sp³-hybridized carbons (Fsp3) is 0.870. The topological polar surface area (TPSA) is 15.6 Å². The molecule has 0 bridgehead atoms. The van der Waals surface area contributed by atoms with Gasteiger partial charge in [0.15, 0.2) is 0 Å². The van der Waals surface area contributed by atoms with Gasteiger partial charge in [0.05, 0.1) is 12.4 Å². The van der Waals surface area contributed by atoms with Crippen LogP contribution < -0.4 is 0 Å². The molecule has 0 N–H and O–H groups in total. The van der Waals surface area contributed by atoms with Crippen LogP contribution in [0.4, 0.5) is 0 Å². The van der Waals surface area contributed by atoms with E-state index in [9.17, 15) is 0 Å². The third kappa shape index (κ3) is 12.2. The van der Waals surface area contributed by atoms with Crippen LogP contribution in [-0.2, 0) is 0 Å². The molecule has 2 heteroatoms. The first-order valence-electron chi connectivity index (χ1n) is 11.3. The van der Waals surface area contributed by atoms with E-state index in [0.29, 0.717) is 0 Å². The second-order valence-electron chi connectivity index (χ2n) is 7.57. The molecule has 0 aromatic heterocycles. The lowest BCUT2D eigenvalue weighted by molar-refractivity contribution is 0.470. The second kappa shape index (κ2) is 16.7. The Morgan fingerprint density at radius 3 is 1.92 bits per heavy atom. The van der Waals surface area contributed by atoms with E-state index in [0.717, 1.165) is 19.6 Å². The Morgan fingerprint density at radius 1 is 0.760 bits per heavy atom.